The number of nitrogens with zero attached hydrogens (tertiary/aromatic N) is 1. The van der Waals surface area contributed by atoms with Crippen molar-refractivity contribution in [2.75, 3.05) is 13.1 Å². The van der Waals surface area contributed by atoms with E-state index in [4.69, 9.17) is 5.73 Å². The number of nitrogens with two attached hydrogens (primary N) is 1. The first-order valence-electron chi connectivity index (χ1n) is 16.1. The molecule has 0 saturated carbocycles. The third-order valence-electron chi connectivity index (χ3n) is 8.48. The van der Waals surface area contributed by atoms with Crippen molar-refractivity contribution >= 4 is 18.1 Å². The first-order chi connectivity index (χ1) is 22.3. The van der Waals surface area contributed by atoms with E-state index in [1.54, 1.807) is 0 Å². The van der Waals surface area contributed by atoms with E-state index in [1.807, 2.05) is 76.2 Å². The van der Waals surface area contributed by atoms with Crippen LogP contribution in [0.1, 0.15) is 92.5 Å². The fraction of sp³-hybridized carbons (Fsp3) is 0.325. The highest BCUT2D eigenvalue weighted by Gasteiger charge is 2.36. The van der Waals surface area contributed by atoms with E-state index in [-0.39, 0.29) is 36.6 Å². The lowest BCUT2D eigenvalue weighted by atomic mass is 9.96. The molecule has 248 valence electrons. The Kier molecular flexibility index (Phi) is 13.6. The van der Waals surface area contributed by atoms with Gasteiger partial charge < -0.3 is 16.4 Å². The van der Waals surface area contributed by atoms with Crippen molar-refractivity contribution in [3.63, 3.8) is 0 Å². The van der Waals surface area contributed by atoms with Crippen LogP contribution in [0.15, 0.2) is 84.9 Å². The Balaban J connectivity index is 0.000000212. The van der Waals surface area contributed by atoms with Gasteiger partial charge in [-0.15, -0.1) is 0 Å². The minimum Gasteiger partial charge on any atom is -0.369 e. The molecule has 5 rings (SSSR count). The van der Waals surface area contributed by atoms with Crippen LogP contribution in [0.4, 0.5) is 0 Å². The summed E-state index contributed by atoms with van der Waals surface area (Å²) in [5, 5.41) is 6.18. The second-order valence-electron chi connectivity index (χ2n) is 12.5. The Morgan fingerprint density at radius 2 is 1.30 bits per heavy atom. The van der Waals surface area contributed by atoms with E-state index in [9.17, 15) is 14.4 Å². The van der Waals surface area contributed by atoms with Crippen LogP contribution in [-0.4, -0.2) is 36.1 Å². The van der Waals surface area contributed by atoms with Gasteiger partial charge >= 0.3 is 0 Å². The molecular formula is C40H50N4O3. The Labute approximate surface area is 280 Å². The van der Waals surface area contributed by atoms with Gasteiger partial charge in [-0.3, -0.25) is 19.3 Å². The second kappa shape index (κ2) is 17.4. The molecule has 1 aliphatic heterocycles. The zero-order valence-electron chi connectivity index (χ0n) is 29.1. The lowest BCUT2D eigenvalue weighted by molar-refractivity contribution is -0.119. The predicted octanol–water partition coefficient (Wildman–Crippen LogP) is 7.05. The van der Waals surface area contributed by atoms with Crippen molar-refractivity contribution in [2.24, 2.45) is 5.73 Å². The van der Waals surface area contributed by atoms with E-state index in [1.165, 1.54) is 33.4 Å². The molecular weight excluding hydrogens is 584 g/mol. The lowest BCUT2D eigenvalue weighted by Gasteiger charge is -2.31. The van der Waals surface area contributed by atoms with Crippen LogP contribution in [0.5, 0.6) is 0 Å². The van der Waals surface area contributed by atoms with Crippen LogP contribution in [0.3, 0.4) is 0 Å². The Hall–Kier alpha value is -4.59. The van der Waals surface area contributed by atoms with Gasteiger partial charge in [-0.2, -0.15) is 0 Å². The highest BCUT2D eigenvalue weighted by Crippen LogP contribution is 2.35. The van der Waals surface area contributed by atoms with E-state index in [2.05, 4.69) is 79.6 Å². The average Bonchev–Trinajstić information content (AvgIpc) is 3.41. The molecule has 1 saturated heterocycles. The zero-order chi connectivity index (χ0) is 34.7. The minimum atomic E-state index is -0.331. The molecule has 2 amide bonds. The topological polar surface area (TPSA) is 105 Å². The molecule has 0 spiro atoms. The summed E-state index contributed by atoms with van der Waals surface area (Å²) in [6, 6.07) is 29.1. The van der Waals surface area contributed by atoms with E-state index >= 15 is 0 Å². The number of benzene rings is 4. The van der Waals surface area contributed by atoms with Crippen LogP contribution >= 0.6 is 0 Å². The summed E-state index contributed by atoms with van der Waals surface area (Å²) >= 11 is 0. The molecule has 1 aliphatic rings. The molecule has 0 aliphatic carbocycles. The number of nitrogens with one attached hydrogen (secondary N) is 2. The fourth-order valence-electron chi connectivity index (χ4n) is 6.17. The smallest absolute Gasteiger partial charge is 0.235 e. The Morgan fingerprint density at radius 3 is 1.77 bits per heavy atom. The zero-order valence-corrected chi connectivity index (χ0v) is 29.1. The highest BCUT2D eigenvalue weighted by molar-refractivity contribution is 5.81. The van der Waals surface area contributed by atoms with Crippen molar-refractivity contribution < 1.29 is 14.4 Å². The van der Waals surface area contributed by atoms with Crippen LogP contribution in [0, 0.1) is 41.5 Å². The normalized spacial score (nSPS) is 15.3. The van der Waals surface area contributed by atoms with Crippen molar-refractivity contribution in [3.8, 4) is 0 Å². The van der Waals surface area contributed by atoms with Crippen molar-refractivity contribution in [1.29, 1.82) is 0 Å². The van der Waals surface area contributed by atoms with Gasteiger partial charge in [0.2, 0.25) is 11.8 Å². The lowest BCUT2D eigenvalue weighted by Crippen LogP contribution is -2.31. The summed E-state index contributed by atoms with van der Waals surface area (Å²) in [7, 11) is 0. The summed E-state index contributed by atoms with van der Waals surface area (Å²) in [5.74, 6) is -0.236. The summed E-state index contributed by atoms with van der Waals surface area (Å²) < 4.78 is 0. The van der Waals surface area contributed by atoms with Gasteiger partial charge in [-0.05, 0) is 94.3 Å². The Morgan fingerprint density at radius 1 is 0.830 bits per heavy atom. The third kappa shape index (κ3) is 10.5. The molecule has 1 heterocycles. The minimum absolute atomic E-state index is 0.0571. The molecule has 0 aromatic heterocycles. The molecule has 47 heavy (non-hydrogen) atoms. The Bertz CT molecular complexity index is 1610. The third-order valence-corrected chi connectivity index (χ3v) is 8.48. The van der Waals surface area contributed by atoms with Gasteiger partial charge in [0, 0.05) is 17.6 Å². The van der Waals surface area contributed by atoms with Crippen molar-refractivity contribution in [1.82, 2.24) is 15.5 Å². The molecule has 0 bridgehead atoms. The fourth-order valence-corrected chi connectivity index (χ4v) is 6.17. The predicted molar refractivity (Wildman–Crippen MR) is 191 cm³/mol. The van der Waals surface area contributed by atoms with Crippen LogP contribution in [-0.2, 0) is 9.59 Å². The standard InChI is InChI=1S/C20H24N2O.C10H14N2O.C10H12O/c1-13-10-14(2)19(15(3)11-13)20-21-18(23)12-22(20)16(4)17-8-6-5-7-9-17;1-8(12-7-10(11)13)9-5-3-2-4-6-9;1-7-4-8(2)10(6-11)9(3)5-7/h5-11,16,20H,12H2,1-4H3,(H,21,23);2-6,8,12H,7H2,1H3,(H2,11,13);4-6H,1-3H3/t16-,20?;8-;/m11./s1. The molecule has 7 nitrogen and oxygen atoms in total. The van der Waals surface area contributed by atoms with E-state index < -0.39 is 0 Å². The maximum Gasteiger partial charge on any atom is 0.235 e. The molecule has 1 unspecified atom stereocenters. The monoisotopic (exact) mass is 634 g/mol. The highest BCUT2D eigenvalue weighted by atomic mass is 16.2. The largest absolute Gasteiger partial charge is 0.369 e. The number of rotatable bonds is 8. The number of hydrogen-bond acceptors (Lipinski definition) is 5. The number of aldehydes is 1. The number of carbonyl (C=O) groups excluding carboxylic acids is 3. The first-order valence-corrected chi connectivity index (χ1v) is 16.1. The van der Waals surface area contributed by atoms with Crippen molar-refractivity contribution in [2.45, 2.75) is 73.6 Å². The van der Waals surface area contributed by atoms with Gasteiger partial charge in [0.1, 0.15) is 6.17 Å². The number of hydrogen-bond donors (Lipinski definition) is 3. The second-order valence-corrected chi connectivity index (χ2v) is 12.5. The number of carbonyl (C=O) groups is 3. The van der Waals surface area contributed by atoms with Gasteiger partial charge in [0.25, 0.3) is 0 Å². The maximum absolute atomic E-state index is 12.1. The summed E-state index contributed by atoms with van der Waals surface area (Å²) in [6.45, 7) is 17.2. The number of primary amides is 1. The van der Waals surface area contributed by atoms with Gasteiger partial charge in [-0.1, -0.05) is 96.1 Å². The summed E-state index contributed by atoms with van der Waals surface area (Å²) in [4.78, 5) is 35.4. The van der Waals surface area contributed by atoms with Gasteiger partial charge in [0.05, 0.1) is 13.1 Å². The van der Waals surface area contributed by atoms with Crippen LogP contribution in [0.2, 0.25) is 0 Å². The molecule has 4 N–H and O–H groups in total. The van der Waals surface area contributed by atoms with E-state index in [0.29, 0.717) is 6.54 Å². The SMILES string of the molecule is C[C@@H](NCC(N)=O)c1ccccc1.Cc1cc(C)c(C2NC(=O)CN2[C@H](C)c2ccccc2)c(C)c1.Cc1cc(C)c(C=O)c(C)c1. The molecule has 3 atom stereocenters. The van der Waals surface area contributed by atoms with Crippen LogP contribution < -0.4 is 16.4 Å². The quantitative estimate of drug-likeness (QED) is 0.180. The van der Waals surface area contributed by atoms with Gasteiger partial charge in [0.15, 0.2) is 6.29 Å². The average molecular weight is 635 g/mol. The van der Waals surface area contributed by atoms with E-state index in [0.717, 1.165) is 28.5 Å². The van der Waals surface area contributed by atoms with Crippen molar-refractivity contribution in [3.05, 3.63) is 141 Å². The molecule has 4 aromatic rings. The maximum atomic E-state index is 12.1. The molecule has 0 radical (unpaired) electrons. The van der Waals surface area contributed by atoms with Gasteiger partial charge in [-0.25, -0.2) is 0 Å². The molecule has 4 aromatic carbocycles. The van der Waals surface area contributed by atoms with Crippen LogP contribution in [0.25, 0.3) is 0 Å². The summed E-state index contributed by atoms with van der Waals surface area (Å²) in [6.07, 6.45) is 0.864. The molecule has 1 fully saturated rings. The number of aryl methyl sites for hydroxylation is 6. The summed E-state index contributed by atoms with van der Waals surface area (Å²) in [5.41, 5.74) is 16.5. The molecule has 7 heteroatoms. The first kappa shape index (κ1) is 36.9. The number of amides is 2.